The molecule has 1 aromatic rings. The van der Waals surface area contributed by atoms with E-state index >= 15 is 0 Å². The van der Waals surface area contributed by atoms with Gasteiger partial charge in [-0.2, -0.15) is 13.2 Å². The summed E-state index contributed by atoms with van der Waals surface area (Å²) in [7, 11) is 1.63. The zero-order valence-electron chi connectivity index (χ0n) is 14.3. The first-order valence-electron chi connectivity index (χ1n) is 7.88. The van der Waals surface area contributed by atoms with E-state index in [1.807, 2.05) is 13.8 Å². The summed E-state index contributed by atoms with van der Waals surface area (Å²) in [5.41, 5.74) is 1.94. The van der Waals surface area contributed by atoms with Gasteiger partial charge in [0.2, 0.25) is 0 Å². The van der Waals surface area contributed by atoms with E-state index in [9.17, 15) is 13.2 Å². The molecule has 2 N–H and O–H groups in total. The molecule has 0 saturated carbocycles. The molecule has 1 heterocycles. The summed E-state index contributed by atoms with van der Waals surface area (Å²) in [5, 5.41) is 10.2. The maximum Gasteiger partial charge on any atom is 0.389 e. The van der Waals surface area contributed by atoms with Gasteiger partial charge in [0.15, 0.2) is 5.96 Å². The van der Waals surface area contributed by atoms with Crippen LogP contribution in [-0.2, 0) is 19.4 Å². The fraction of sp³-hybridized carbons (Fsp3) is 0.733. The Morgan fingerprint density at radius 2 is 1.88 bits per heavy atom. The van der Waals surface area contributed by atoms with Gasteiger partial charge >= 0.3 is 6.18 Å². The molecule has 0 atom stereocenters. The Hall–Kier alpha value is -1.00. The van der Waals surface area contributed by atoms with E-state index in [2.05, 4.69) is 20.8 Å². The predicted octanol–water partition coefficient (Wildman–Crippen LogP) is 3.82. The number of guanidine groups is 1. The number of hydrogen-bond acceptors (Lipinski definition) is 3. The second-order valence-corrected chi connectivity index (χ2v) is 5.16. The highest BCUT2D eigenvalue weighted by Crippen LogP contribution is 2.21. The lowest BCUT2D eigenvalue weighted by atomic mass is 10.1. The largest absolute Gasteiger partial charge is 0.389 e. The molecule has 0 bridgehead atoms. The maximum atomic E-state index is 12.1. The van der Waals surface area contributed by atoms with Gasteiger partial charge in [-0.1, -0.05) is 19.0 Å². The third kappa shape index (κ3) is 8.20. The zero-order chi connectivity index (χ0) is 17.3. The molecule has 140 valence electrons. The zero-order valence-corrected chi connectivity index (χ0v) is 16.6. The molecule has 0 amide bonds. The van der Waals surface area contributed by atoms with Crippen LogP contribution < -0.4 is 10.6 Å². The van der Waals surface area contributed by atoms with Crippen LogP contribution in [0.25, 0.3) is 0 Å². The number of rotatable bonds is 8. The summed E-state index contributed by atoms with van der Waals surface area (Å²) in [4.78, 5) is 4.07. The number of halogens is 4. The SMILES string of the molecule is CCc1noc(CC)c1CNC(=NC)NCCCCC(F)(F)F.I. The number of nitrogens with one attached hydrogen (secondary N) is 2. The van der Waals surface area contributed by atoms with Gasteiger partial charge in [0.25, 0.3) is 0 Å². The van der Waals surface area contributed by atoms with Gasteiger partial charge in [-0.3, -0.25) is 4.99 Å². The van der Waals surface area contributed by atoms with E-state index in [0.29, 0.717) is 25.5 Å². The molecule has 0 unspecified atom stereocenters. The van der Waals surface area contributed by atoms with Crippen LogP contribution in [0.1, 0.15) is 50.1 Å². The van der Waals surface area contributed by atoms with Gasteiger partial charge in [-0.25, -0.2) is 0 Å². The van der Waals surface area contributed by atoms with E-state index < -0.39 is 12.6 Å². The number of nitrogens with zero attached hydrogens (tertiary/aromatic N) is 2. The van der Waals surface area contributed by atoms with Crippen LogP contribution in [0.15, 0.2) is 9.52 Å². The van der Waals surface area contributed by atoms with Crippen molar-refractivity contribution in [1.82, 2.24) is 15.8 Å². The lowest BCUT2D eigenvalue weighted by Crippen LogP contribution is -2.37. The Morgan fingerprint density at radius 1 is 1.17 bits per heavy atom. The molecule has 0 aliphatic carbocycles. The third-order valence-electron chi connectivity index (χ3n) is 3.44. The molecular formula is C15H26F3IN4O. The predicted molar refractivity (Wildman–Crippen MR) is 98.8 cm³/mol. The minimum Gasteiger partial charge on any atom is -0.361 e. The van der Waals surface area contributed by atoms with Crippen molar-refractivity contribution in [2.45, 2.75) is 58.7 Å². The van der Waals surface area contributed by atoms with Gasteiger partial charge in [0.05, 0.1) is 5.69 Å². The summed E-state index contributed by atoms with van der Waals surface area (Å²) >= 11 is 0. The summed E-state index contributed by atoms with van der Waals surface area (Å²) in [6, 6.07) is 0. The molecule has 5 nitrogen and oxygen atoms in total. The third-order valence-corrected chi connectivity index (χ3v) is 3.44. The summed E-state index contributed by atoms with van der Waals surface area (Å²) in [6.45, 7) is 4.98. The van der Waals surface area contributed by atoms with Gasteiger partial charge in [-0.05, 0) is 19.3 Å². The van der Waals surface area contributed by atoms with Crippen molar-refractivity contribution in [1.29, 1.82) is 0 Å². The normalized spacial score (nSPS) is 12.0. The minimum atomic E-state index is -4.08. The van der Waals surface area contributed by atoms with Crippen molar-refractivity contribution >= 4 is 29.9 Å². The second-order valence-electron chi connectivity index (χ2n) is 5.16. The Bertz CT molecular complexity index is 482. The number of unbranched alkanes of at least 4 members (excludes halogenated alkanes) is 1. The van der Waals surface area contributed by atoms with Crippen molar-refractivity contribution in [2.24, 2.45) is 4.99 Å². The first-order chi connectivity index (χ1) is 10.9. The molecular weight excluding hydrogens is 436 g/mol. The van der Waals surface area contributed by atoms with Crippen molar-refractivity contribution < 1.29 is 17.7 Å². The lowest BCUT2D eigenvalue weighted by molar-refractivity contribution is -0.135. The Labute approximate surface area is 157 Å². The monoisotopic (exact) mass is 462 g/mol. The number of aryl methyl sites for hydroxylation is 2. The Kier molecular flexibility index (Phi) is 11.1. The van der Waals surface area contributed by atoms with E-state index in [1.54, 1.807) is 7.05 Å². The number of hydrogen-bond donors (Lipinski definition) is 2. The van der Waals surface area contributed by atoms with Crippen LogP contribution in [0.3, 0.4) is 0 Å². The van der Waals surface area contributed by atoms with E-state index in [1.165, 1.54) is 0 Å². The average Bonchev–Trinajstić information content (AvgIpc) is 2.90. The van der Waals surface area contributed by atoms with Crippen LogP contribution in [-0.4, -0.2) is 30.9 Å². The highest BCUT2D eigenvalue weighted by molar-refractivity contribution is 14.0. The maximum absolute atomic E-state index is 12.1. The Morgan fingerprint density at radius 3 is 2.42 bits per heavy atom. The fourth-order valence-electron chi connectivity index (χ4n) is 2.19. The number of aromatic nitrogens is 1. The molecule has 0 spiro atoms. The van der Waals surface area contributed by atoms with Gasteiger partial charge in [0, 0.05) is 38.5 Å². The van der Waals surface area contributed by atoms with Crippen LogP contribution in [0.4, 0.5) is 13.2 Å². The van der Waals surface area contributed by atoms with Gasteiger partial charge < -0.3 is 15.2 Å². The molecule has 0 aliphatic rings. The highest BCUT2D eigenvalue weighted by atomic mass is 127. The lowest BCUT2D eigenvalue weighted by Gasteiger charge is -2.12. The molecule has 24 heavy (non-hydrogen) atoms. The molecule has 0 aliphatic heterocycles. The van der Waals surface area contributed by atoms with Crippen LogP contribution in [0.2, 0.25) is 0 Å². The first kappa shape index (κ1) is 23.0. The van der Waals surface area contributed by atoms with Crippen LogP contribution in [0.5, 0.6) is 0 Å². The molecule has 9 heteroatoms. The second kappa shape index (κ2) is 11.5. The highest BCUT2D eigenvalue weighted by Gasteiger charge is 2.25. The van der Waals surface area contributed by atoms with Crippen LogP contribution >= 0.6 is 24.0 Å². The average molecular weight is 462 g/mol. The van der Waals surface area contributed by atoms with Crippen LogP contribution in [0, 0.1) is 0 Å². The summed E-state index contributed by atoms with van der Waals surface area (Å²) in [6.07, 6.45) is -2.74. The van der Waals surface area contributed by atoms with E-state index in [4.69, 9.17) is 4.52 Å². The fourth-order valence-corrected chi connectivity index (χ4v) is 2.19. The van der Waals surface area contributed by atoms with Gasteiger partial charge in [0.1, 0.15) is 5.76 Å². The summed E-state index contributed by atoms with van der Waals surface area (Å²) in [5.74, 6) is 1.40. The topological polar surface area (TPSA) is 62.5 Å². The number of aliphatic imine (C=N–C) groups is 1. The van der Waals surface area contributed by atoms with Gasteiger partial charge in [-0.15, -0.1) is 24.0 Å². The molecule has 0 saturated heterocycles. The molecule has 0 radical (unpaired) electrons. The smallest absolute Gasteiger partial charge is 0.361 e. The standard InChI is InChI=1S/C15H25F3N4O.HI/c1-4-12-11(13(5-2)23-22-12)10-21-14(19-3)20-9-7-6-8-15(16,17)18;/h4-10H2,1-3H3,(H2,19,20,21);1H. The van der Waals surface area contributed by atoms with Crippen molar-refractivity contribution in [2.75, 3.05) is 13.6 Å². The van der Waals surface area contributed by atoms with Crippen molar-refractivity contribution in [3.05, 3.63) is 17.0 Å². The Balaban J connectivity index is 0.00000529. The number of alkyl halides is 3. The summed E-state index contributed by atoms with van der Waals surface area (Å²) < 4.78 is 41.5. The molecule has 0 fully saturated rings. The quantitative estimate of drug-likeness (QED) is 0.267. The first-order valence-corrected chi connectivity index (χ1v) is 7.88. The van der Waals surface area contributed by atoms with E-state index in [-0.39, 0.29) is 30.4 Å². The van der Waals surface area contributed by atoms with Crippen molar-refractivity contribution in [3.63, 3.8) is 0 Å². The molecule has 1 rings (SSSR count). The molecule has 0 aromatic carbocycles. The van der Waals surface area contributed by atoms with Crippen molar-refractivity contribution in [3.8, 4) is 0 Å². The minimum absolute atomic E-state index is 0. The van der Waals surface area contributed by atoms with E-state index in [0.717, 1.165) is 29.9 Å². The molecule has 1 aromatic heterocycles.